The molecule has 4 rings (SSSR count). The van der Waals surface area contributed by atoms with Gasteiger partial charge in [-0.15, -0.1) is 0 Å². The van der Waals surface area contributed by atoms with E-state index in [0.29, 0.717) is 29.5 Å². The van der Waals surface area contributed by atoms with Crippen molar-refractivity contribution in [2.24, 2.45) is 5.84 Å². The third-order valence-corrected chi connectivity index (χ3v) is 4.96. The van der Waals surface area contributed by atoms with Gasteiger partial charge >= 0.3 is 0 Å². The first-order valence-corrected chi connectivity index (χ1v) is 9.45. The molecule has 0 fully saturated rings. The first-order chi connectivity index (χ1) is 14.6. The molecule has 1 heterocycles. The van der Waals surface area contributed by atoms with Crippen molar-refractivity contribution in [3.05, 3.63) is 77.4 Å². The van der Waals surface area contributed by atoms with Crippen LogP contribution in [0.15, 0.2) is 60.7 Å². The van der Waals surface area contributed by atoms with Crippen LogP contribution in [0.1, 0.15) is 21.5 Å². The van der Waals surface area contributed by atoms with E-state index in [1.807, 2.05) is 36.4 Å². The number of nitrogens with two attached hydrogens (primary N) is 1. The summed E-state index contributed by atoms with van der Waals surface area (Å²) in [5.74, 6) is 6.79. The quantitative estimate of drug-likeness (QED) is 0.259. The number of hydrazine groups is 1. The van der Waals surface area contributed by atoms with Crippen molar-refractivity contribution < 1.29 is 14.3 Å². The maximum Gasteiger partial charge on any atom is 0.265 e. The Kier molecular flexibility index (Phi) is 5.36. The summed E-state index contributed by atoms with van der Waals surface area (Å²) in [6.45, 7) is 2.52. The smallest absolute Gasteiger partial charge is 0.265 e. The highest BCUT2D eigenvalue weighted by Gasteiger charge is 2.12. The number of carbonyl (C=O) groups is 1. The largest absolute Gasteiger partial charge is 0.493 e. The van der Waals surface area contributed by atoms with Gasteiger partial charge in [0.25, 0.3) is 5.91 Å². The number of hydrogen-bond donors (Lipinski definition) is 3. The molecule has 1 aromatic heterocycles. The van der Waals surface area contributed by atoms with Gasteiger partial charge in [0.15, 0.2) is 11.5 Å². The van der Waals surface area contributed by atoms with E-state index in [2.05, 4.69) is 28.4 Å². The summed E-state index contributed by atoms with van der Waals surface area (Å²) in [4.78, 5) is 19.6. The zero-order valence-electron chi connectivity index (χ0n) is 16.7. The number of aryl methyl sites for hydroxylation is 1. The third-order valence-electron chi connectivity index (χ3n) is 4.96. The van der Waals surface area contributed by atoms with Crippen LogP contribution < -0.4 is 20.7 Å². The number of aromatic nitrogens is 2. The molecular formula is C23H22N4O3. The van der Waals surface area contributed by atoms with E-state index in [1.165, 1.54) is 5.56 Å². The Morgan fingerprint density at radius 2 is 1.93 bits per heavy atom. The van der Waals surface area contributed by atoms with Gasteiger partial charge in [0, 0.05) is 11.1 Å². The number of H-pyrrole nitrogens is 1. The van der Waals surface area contributed by atoms with E-state index < -0.39 is 0 Å². The van der Waals surface area contributed by atoms with Gasteiger partial charge in [-0.25, -0.2) is 10.8 Å². The SMILES string of the molecule is COc1cc(-c2nc3ccc(C(=O)NN)cc3[nH]2)ccc1OCc1ccccc1C. The topological polar surface area (TPSA) is 102 Å². The van der Waals surface area contributed by atoms with Crippen molar-refractivity contribution in [2.75, 3.05) is 7.11 Å². The van der Waals surface area contributed by atoms with Gasteiger partial charge in [-0.1, -0.05) is 24.3 Å². The second-order valence-corrected chi connectivity index (χ2v) is 6.87. The summed E-state index contributed by atoms with van der Waals surface area (Å²) in [6, 6.07) is 18.9. The zero-order chi connectivity index (χ0) is 21.1. The van der Waals surface area contributed by atoms with Crippen LogP contribution in [0.5, 0.6) is 11.5 Å². The standard InChI is InChI=1S/C23H22N4O3/c1-14-5-3-4-6-17(14)13-30-20-10-8-15(12-21(20)29-2)22-25-18-9-7-16(23(28)27-24)11-19(18)26-22/h3-12H,13,24H2,1-2H3,(H,25,26)(H,27,28). The Bertz CT molecular complexity index is 1220. The number of fused-ring (bicyclic) bond motifs is 1. The van der Waals surface area contributed by atoms with Crippen LogP contribution in [0.4, 0.5) is 0 Å². The number of nitrogens with zero attached hydrogens (tertiary/aromatic N) is 1. The highest BCUT2D eigenvalue weighted by atomic mass is 16.5. The molecule has 0 spiro atoms. The number of aromatic amines is 1. The number of nitrogens with one attached hydrogen (secondary N) is 2. The molecule has 0 atom stereocenters. The molecule has 4 N–H and O–H groups in total. The van der Waals surface area contributed by atoms with Crippen LogP contribution in [0.3, 0.4) is 0 Å². The third kappa shape index (κ3) is 3.83. The molecule has 0 radical (unpaired) electrons. The maximum atomic E-state index is 11.7. The lowest BCUT2D eigenvalue weighted by Gasteiger charge is -2.13. The number of methoxy groups -OCH3 is 1. The Labute approximate surface area is 173 Å². The average Bonchev–Trinajstić information content (AvgIpc) is 3.21. The molecule has 0 unspecified atom stereocenters. The molecule has 30 heavy (non-hydrogen) atoms. The van der Waals surface area contributed by atoms with Crippen LogP contribution in [0.2, 0.25) is 0 Å². The van der Waals surface area contributed by atoms with E-state index in [-0.39, 0.29) is 5.91 Å². The van der Waals surface area contributed by atoms with Gasteiger partial charge < -0.3 is 14.5 Å². The van der Waals surface area contributed by atoms with E-state index >= 15 is 0 Å². The molecule has 3 aromatic carbocycles. The van der Waals surface area contributed by atoms with Gasteiger partial charge in [-0.05, 0) is 54.4 Å². The van der Waals surface area contributed by atoms with E-state index in [9.17, 15) is 4.79 Å². The zero-order valence-corrected chi connectivity index (χ0v) is 16.7. The summed E-state index contributed by atoms with van der Waals surface area (Å²) in [6.07, 6.45) is 0. The minimum absolute atomic E-state index is 0.357. The molecule has 152 valence electrons. The van der Waals surface area contributed by atoms with E-state index in [0.717, 1.165) is 22.2 Å². The second kappa shape index (κ2) is 8.26. The minimum Gasteiger partial charge on any atom is -0.493 e. The fraction of sp³-hybridized carbons (Fsp3) is 0.130. The fourth-order valence-electron chi connectivity index (χ4n) is 3.23. The minimum atomic E-state index is -0.357. The Morgan fingerprint density at radius 3 is 2.70 bits per heavy atom. The van der Waals surface area contributed by atoms with Crippen molar-refractivity contribution in [1.29, 1.82) is 0 Å². The molecule has 4 aromatic rings. The summed E-state index contributed by atoms with van der Waals surface area (Å²) in [5, 5.41) is 0. The molecular weight excluding hydrogens is 380 g/mol. The number of benzene rings is 3. The lowest BCUT2D eigenvalue weighted by atomic mass is 10.1. The van der Waals surface area contributed by atoms with Gasteiger partial charge in [0.2, 0.25) is 0 Å². The normalized spacial score (nSPS) is 10.8. The maximum absolute atomic E-state index is 11.7. The summed E-state index contributed by atoms with van der Waals surface area (Å²) in [5.41, 5.74) is 7.22. The molecule has 7 nitrogen and oxygen atoms in total. The summed E-state index contributed by atoms with van der Waals surface area (Å²) >= 11 is 0. The van der Waals surface area contributed by atoms with E-state index in [4.69, 9.17) is 15.3 Å². The van der Waals surface area contributed by atoms with Gasteiger partial charge in [-0.2, -0.15) is 0 Å². The second-order valence-electron chi connectivity index (χ2n) is 6.87. The molecule has 0 aliphatic rings. The van der Waals surface area contributed by atoms with Gasteiger partial charge in [0.05, 0.1) is 18.1 Å². The molecule has 0 saturated carbocycles. The summed E-state index contributed by atoms with van der Waals surface area (Å²) in [7, 11) is 1.61. The lowest BCUT2D eigenvalue weighted by molar-refractivity contribution is 0.0954. The average molecular weight is 402 g/mol. The monoisotopic (exact) mass is 402 g/mol. The Morgan fingerprint density at radius 1 is 1.10 bits per heavy atom. The van der Waals surface area contributed by atoms with Crippen LogP contribution in [-0.2, 0) is 6.61 Å². The molecule has 1 amide bonds. The number of carbonyl (C=O) groups excluding carboxylic acids is 1. The Balaban J connectivity index is 1.60. The molecule has 0 bridgehead atoms. The van der Waals surface area contributed by atoms with Gasteiger partial charge in [-0.3, -0.25) is 10.2 Å². The summed E-state index contributed by atoms with van der Waals surface area (Å²) < 4.78 is 11.5. The van der Waals surface area contributed by atoms with Crippen molar-refractivity contribution in [3.8, 4) is 22.9 Å². The van der Waals surface area contributed by atoms with E-state index in [1.54, 1.807) is 25.3 Å². The Hall–Kier alpha value is -3.84. The number of amides is 1. The van der Waals surface area contributed by atoms with Crippen molar-refractivity contribution in [3.63, 3.8) is 0 Å². The molecule has 7 heteroatoms. The fourth-order valence-corrected chi connectivity index (χ4v) is 3.23. The number of imidazole rings is 1. The van der Waals surface area contributed by atoms with Crippen LogP contribution >= 0.6 is 0 Å². The van der Waals surface area contributed by atoms with Crippen LogP contribution in [0.25, 0.3) is 22.4 Å². The number of rotatable bonds is 6. The van der Waals surface area contributed by atoms with Crippen molar-refractivity contribution in [1.82, 2.24) is 15.4 Å². The number of hydrogen-bond acceptors (Lipinski definition) is 5. The highest BCUT2D eigenvalue weighted by molar-refractivity contribution is 5.97. The predicted molar refractivity (Wildman–Crippen MR) is 115 cm³/mol. The number of nitrogen functional groups attached to an aromatic ring is 1. The van der Waals surface area contributed by atoms with Crippen LogP contribution in [-0.4, -0.2) is 23.0 Å². The first kappa shape index (κ1) is 19.5. The number of ether oxygens (including phenoxy) is 2. The van der Waals surface area contributed by atoms with Gasteiger partial charge in [0.1, 0.15) is 12.4 Å². The molecule has 0 aliphatic carbocycles. The lowest BCUT2D eigenvalue weighted by Crippen LogP contribution is -2.29. The molecule has 0 aliphatic heterocycles. The van der Waals surface area contributed by atoms with Crippen molar-refractivity contribution >= 4 is 16.9 Å². The highest BCUT2D eigenvalue weighted by Crippen LogP contribution is 2.33. The molecule has 0 saturated heterocycles. The van der Waals surface area contributed by atoms with Crippen LogP contribution in [0, 0.1) is 6.92 Å². The van der Waals surface area contributed by atoms with Crippen molar-refractivity contribution in [2.45, 2.75) is 13.5 Å². The predicted octanol–water partition coefficient (Wildman–Crippen LogP) is 3.73. The first-order valence-electron chi connectivity index (χ1n) is 9.45.